The van der Waals surface area contributed by atoms with Crippen LogP contribution in [0, 0.1) is 0 Å². The zero-order chi connectivity index (χ0) is 14.8. The van der Waals surface area contributed by atoms with Crippen LogP contribution < -0.4 is 11.4 Å². The molecule has 0 saturated heterocycles. The summed E-state index contributed by atoms with van der Waals surface area (Å²) in [5.41, 5.74) is 8.55. The second-order valence-corrected chi connectivity index (χ2v) is 5.12. The van der Waals surface area contributed by atoms with Gasteiger partial charge in [0.2, 0.25) is 0 Å². The molecule has 3 aromatic rings. The van der Waals surface area contributed by atoms with Crippen LogP contribution in [0.5, 0.6) is 0 Å². The Labute approximate surface area is 122 Å². The van der Waals surface area contributed by atoms with E-state index in [1.165, 1.54) is 0 Å². The lowest BCUT2D eigenvalue weighted by atomic mass is 10.1. The highest BCUT2D eigenvalue weighted by Gasteiger charge is 2.08. The molecule has 0 aliphatic carbocycles. The fourth-order valence-corrected chi connectivity index (χ4v) is 2.55. The summed E-state index contributed by atoms with van der Waals surface area (Å²) >= 11 is 0. The molecule has 5 nitrogen and oxygen atoms in total. The molecule has 0 saturated carbocycles. The largest absolute Gasteiger partial charge is 0.398 e. The Morgan fingerprint density at radius 3 is 2.81 bits per heavy atom. The van der Waals surface area contributed by atoms with Gasteiger partial charge in [0.1, 0.15) is 0 Å². The number of nitrogens with two attached hydrogens (primary N) is 1. The summed E-state index contributed by atoms with van der Waals surface area (Å²) in [6.45, 7) is 3.30. The Kier molecular flexibility index (Phi) is 3.48. The van der Waals surface area contributed by atoms with Gasteiger partial charge in [-0.1, -0.05) is 13.0 Å². The fraction of sp³-hybridized carbons (Fsp3) is 0.250. The molecule has 3 rings (SSSR count). The molecule has 2 aromatic heterocycles. The maximum atomic E-state index is 12.2. The number of hydrogen-bond acceptors (Lipinski definition) is 3. The van der Waals surface area contributed by atoms with Crippen LogP contribution in [-0.2, 0) is 13.1 Å². The van der Waals surface area contributed by atoms with Crippen LogP contribution in [0.25, 0.3) is 10.9 Å². The molecular formula is C16H18N4O. The summed E-state index contributed by atoms with van der Waals surface area (Å²) < 4.78 is 3.43. The first kappa shape index (κ1) is 13.4. The van der Waals surface area contributed by atoms with E-state index in [9.17, 15) is 4.79 Å². The number of nitrogens with zero attached hydrogens (tertiary/aromatic N) is 3. The van der Waals surface area contributed by atoms with Gasteiger partial charge in [-0.25, -0.2) is 4.79 Å². The smallest absolute Gasteiger partial charge is 0.328 e. The molecule has 21 heavy (non-hydrogen) atoms. The zero-order valence-corrected chi connectivity index (χ0v) is 12.0. The topological polar surface area (TPSA) is 65.8 Å². The van der Waals surface area contributed by atoms with E-state index in [0.29, 0.717) is 12.2 Å². The minimum absolute atomic E-state index is 0.0118. The summed E-state index contributed by atoms with van der Waals surface area (Å²) in [4.78, 5) is 16.7. The van der Waals surface area contributed by atoms with E-state index < -0.39 is 0 Å². The Morgan fingerprint density at radius 2 is 2.00 bits per heavy atom. The number of rotatable bonds is 4. The molecule has 0 aliphatic heterocycles. The molecule has 2 N–H and O–H groups in total. The third-order valence-corrected chi connectivity index (χ3v) is 3.61. The van der Waals surface area contributed by atoms with Gasteiger partial charge in [0, 0.05) is 36.2 Å². The van der Waals surface area contributed by atoms with E-state index in [1.807, 2.05) is 36.7 Å². The predicted octanol–water partition coefficient (Wildman–Crippen LogP) is 2.24. The molecule has 0 amide bonds. The highest BCUT2D eigenvalue weighted by atomic mass is 16.1. The number of anilines is 1. The number of aromatic nitrogens is 3. The van der Waals surface area contributed by atoms with Gasteiger partial charge in [-0.15, -0.1) is 0 Å². The molecule has 0 spiro atoms. The first-order valence-corrected chi connectivity index (χ1v) is 7.08. The van der Waals surface area contributed by atoms with Crippen molar-refractivity contribution in [3.8, 4) is 0 Å². The van der Waals surface area contributed by atoms with Gasteiger partial charge in [-0.3, -0.25) is 14.1 Å². The van der Waals surface area contributed by atoms with Crippen molar-refractivity contribution < 1.29 is 0 Å². The van der Waals surface area contributed by atoms with Crippen LogP contribution in [0.1, 0.15) is 18.9 Å². The molecule has 108 valence electrons. The van der Waals surface area contributed by atoms with E-state index in [1.54, 1.807) is 15.3 Å². The van der Waals surface area contributed by atoms with E-state index in [-0.39, 0.29) is 5.69 Å². The maximum Gasteiger partial charge on any atom is 0.328 e. The van der Waals surface area contributed by atoms with Gasteiger partial charge >= 0.3 is 5.69 Å². The van der Waals surface area contributed by atoms with Crippen LogP contribution in [0.3, 0.4) is 0 Å². The average molecular weight is 282 g/mol. The lowest BCUT2D eigenvalue weighted by Crippen LogP contribution is -2.24. The standard InChI is InChI=1S/C16H18N4O/c1-2-8-19-9-10-20(16(19)21)11-12-5-6-14(17)13-4-3-7-18-15(12)13/h3-7,9-10H,2,8,11,17H2,1H3. The summed E-state index contributed by atoms with van der Waals surface area (Å²) in [6.07, 6.45) is 6.34. The highest BCUT2D eigenvalue weighted by molar-refractivity contribution is 5.92. The molecular weight excluding hydrogens is 264 g/mol. The van der Waals surface area contributed by atoms with Crippen LogP contribution >= 0.6 is 0 Å². The Balaban J connectivity index is 2.03. The first-order valence-electron chi connectivity index (χ1n) is 7.08. The number of aryl methyl sites for hydroxylation is 1. The summed E-state index contributed by atoms with van der Waals surface area (Å²) in [5, 5.41) is 0.927. The molecule has 0 atom stereocenters. The van der Waals surface area contributed by atoms with Gasteiger partial charge in [-0.05, 0) is 30.2 Å². The zero-order valence-electron chi connectivity index (χ0n) is 12.0. The predicted molar refractivity (Wildman–Crippen MR) is 84.2 cm³/mol. The van der Waals surface area contributed by atoms with Crippen LogP contribution in [-0.4, -0.2) is 14.1 Å². The molecule has 0 unspecified atom stereocenters. The van der Waals surface area contributed by atoms with Crippen LogP contribution in [0.15, 0.2) is 47.7 Å². The van der Waals surface area contributed by atoms with E-state index >= 15 is 0 Å². The molecule has 0 aliphatic rings. The van der Waals surface area contributed by atoms with E-state index in [2.05, 4.69) is 11.9 Å². The number of hydrogen-bond donors (Lipinski definition) is 1. The average Bonchev–Trinajstić information content (AvgIpc) is 2.84. The normalized spacial score (nSPS) is 11.1. The van der Waals surface area contributed by atoms with Crippen molar-refractivity contribution in [1.29, 1.82) is 0 Å². The molecule has 2 heterocycles. The van der Waals surface area contributed by atoms with E-state index in [4.69, 9.17) is 5.73 Å². The second-order valence-electron chi connectivity index (χ2n) is 5.12. The highest BCUT2D eigenvalue weighted by Crippen LogP contribution is 2.22. The van der Waals surface area contributed by atoms with Crippen molar-refractivity contribution in [2.24, 2.45) is 0 Å². The van der Waals surface area contributed by atoms with Crippen molar-refractivity contribution in [1.82, 2.24) is 14.1 Å². The second kappa shape index (κ2) is 5.44. The van der Waals surface area contributed by atoms with Crippen molar-refractivity contribution in [3.63, 3.8) is 0 Å². The summed E-state index contributed by atoms with van der Waals surface area (Å²) in [7, 11) is 0. The van der Waals surface area contributed by atoms with Crippen molar-refractivity contribution in [2.75, 3.05) is 5.73 Å². The Bertz CT molecular complexity index is 832. The van der Waals surface area contributed by atoms with Gasteiger partial charge in [0.15, 0.2) is 0 Å². The van der Waals surface area contributed by atoms with Crippen LogP contribution in [0.4, 0.5) is 5.69 Å². The lowest BCUT2D eigenvalue weighted by Gasteiger charge is -2.08. The number of pyridine rings is 1. The number of fused-ring (bicyclic) bond motifs is 1. The van der Waals surface area contributed by atoms with E-state index in [0.717, 1.165) is 29.4 Å². The third kappa shape index (κ3) is 2.42. The van der Waals surface area contributed by atoms with Gasteiger partial charge in [-0.2, -0.15) is 0 Å². The number of nitrogen functional groups attached to an aromatic ring is 1. The quantitative estimate of drug-likeness (QED) is 0.746. The molecule has 5 heteroatoms. The Hall–Kier alpha value is -2.56. The minimum Gasteiger partial charge on any atom is -0.398 e. The molecule has 0 radical (unpaired) electrons. The SMILES string of the molecule is CCCn1ccn(Cc2ccc(N)c3cccnc23)c1=O. The fourth-order valence-electron chi connectivity index (χ4n) is 2.55. The van der Waals surface area contributed by atoms with Crippen molar-refractivity contribution >= 4 is 16.6 Å². The number of benzene rings is 1. The van der Waals surface area contributed by atoms with Crippen LogP contribution in [0.2, 0.25) is 0 Å². The minimum atomic E-state index is 0.0118. The van der Waals surface area contributed by atoms with Gasteiger partial charge < -0.3 is 5.73 Å². The first-order chi connectivity index (χ1) is 10.2. The van der Waals surface area contributed by atoms with Crippen molar-refractivity contribution in [3.05, 3.63) is 58.9 Å². The third-order valence-electron chi connectivity index (χ3n) is 3.61. The van der Waals surface area contributed by atoms with Gasteiger partial charge in [0.25, 0.3) is 0 Å². The maximum absolute atomic E-state index is 12.2. The van der Waals surface area contributed by atoms with Crippen molar-refractivity contribution in [2.45, 2.75) is 26.4 Å². The lowest BCUT2D eigenvalue weighted by molar-refractivity contribution is 0.624. The molecule has 1 aromatic carbocycles. The molecule has 0 fully saturated rings. The monoisotopic (exact) mass is 282 g/mol. The van der Waals surface area contributed by atoms with Gasteiger partial charge in [0.05, 0.1) is 12.1 Å². The summed E-state index contributed by atoms with van der Waals surface area (Å²) in [6, 6.07) is 7.63. The molecule has 0 bridgehead atoms. The summed E-state index contributed by atoms with van der Waals surface area (Å²) in [5.74, 6) is 0. The Morgan fingerprint density at radius 1 is 1.19 bits per heavy atom. The number of imidazole rings is 1.